The Morgan fingerprint density at radius 3 is 2.82 bits per heavy atom. The van der Waals surface area contributed by atoms with Gasteiger partial charge in [-0.3, -0.25) is 14.9 Å². The second-order valence-electron chi connectivity index (χ2n) is 4.09. The van der Waals surface area contributed by atoms with Crippen LogP contribution >= 0.6 is 15.9 Å². The number of benzene rings is 1. The first-order valence-corrected chi connectivity index (χ1v) is 6.13. The summed E-state index contributed by atoms with van der Waals surface area (Å²) in [7, 11) is 0. The minimum atomic E-state index is -0.330. The van der Waals surface area contributed by atoms with Crippen molar-refractivity contribution in [2.45, 2.75) is 19.3 Å². The summed E-state index contributed by atoms with van der Waals surface area (Å²) >= 11 is 3.18. The fraction of sp³-hybridized carbons (Fsp3) is 0.333. The van der Waals surface area contributed by atoms with E-state index in [0.717, 1.165) is 0 Å². The number of hydrogen-bond acceptors (Lipinski definition) is 2. The summed E-state index contributed by atoms with van der Waals surface area (Å²) in [6.45, 7) is 0. The maximum atomic E-state index is 13.6. The monoisotopic (exact) mass is 299 g/mol. The summed E-state index contributed by atoms with van der Waals surface area (Å²) in [5, 5.41) is 2.27. The summed E-state index contributed by atoms with van der Waals surface area (Å²) in [4.78, 5) is 22.5. The number of hydrogen-bond donors (Lipinski definition) is 1. The van der Waals surface area contributed by atoms with Gasteiger partial charge in [-0.25, -0.2) is 4.39 Å². The van der Waals surface area contributed by atoms with Gasteiger partial charge in [-0.1, -0.05) is 22.0 Å². The van der Waals surface area contributed by atoms with Crippen LogP contribution in [0.3, 0.4) is 0 Å². The zero-order valence-corrected chi connectivity index (χ0v) is 10.6. The van der Waals surface area contributed by atoms with Gasteiger partial charge in [0.25, 0.3) is 0 Å². The van der Waals surface area contributed by atoms with Gasteiger partial charge in [0.1, 0.15) is 5.82 Å². The average Bonchev–Trinajstić information content (AvgIpc) is 2.25. The molecule has 1 aromatic carbocycles. The summed E-state index contributed by atoms with van der Waals surface area (Å²) in [5.41, 5.74) is 0.502. The van der Waals surface area contributed by atoms with Gasteiger partial charge >= 0.3 is 0 Å². The summed E-state index contributed by atoms with van der Waals surface area (Å²) in [5.74, 6) is -1.20. The SMILES string of the molecule is O=C1CCC(Cc2ccc(Br)cc2F)C(=O)N1. The lowest BCUT2D eigenvalue weighted by atomic mass is 9.91. The Balaban J connectivity index is 2.10. The molecule has 0 bridgehead atoms. The molecule has 1 aromatic rings. The Kier molecular flexibility index (Phi) is 3.57. The van der Waals surface area contributed by atoms with Crippen molar-refractivity contribution in [3.8, 4) is 0 Å². The quantitative estimate of drug-likeness (QED) is 0.851. The number of amides is 2. The predicted octanol–water partition coefficient (Wildman–Crippen LogP) is 2.18. The van der Waals surface area contributed by atoms with Gasteiger partial charge in [-0.15, -0.1) is 0 Å². The van der Waals surface area contributed by atoms with Crippen molar-refractivity contribution in [1.82, 2.24) is 5.32 Å². The second-order valence-corrected chi connectivity index (χ2v) is 5.00. The number of rotatable bonds is 2. The summed E-state index contributed by atoms with van der Waals surface area (Å²) < 4.78 is 14.2. The molecule has 2 amide bonds. The smallest absolute Gasteiger partial charge is 0.230 e. The number of piperidine rings is 1. The zero-order chi connectivity index (χ0) is 12.4. The molecule has 1 saturated heterocycles. The van der Waals surface area contributed by atoms with E-state index in [4.69, 9.17) is 0 Å². The topological polar surface area (TPSA) is 46.2 Å². The molecule has 0 aliphatic carbocycles. The van der Waals surface area contributed by atoms with E-state index in [1.165, 1.54) is 6.07 Å². The molecule has 0 spiro atoms. The summed E-state index contributed by atoms with van der Waals surface area (Å²) in [6, 6.07) is 4.77. The van der Waals surface area contributed by atoms with E-state index in [2.05, 4.69) is 21.2 Å². The van der Waals surface area contributed by atoms with Gasteiger partial charge in [0.2, 0.25) is 11.8 Å². The van der Waals surface area contributed by atoms with Gasteiger partial charge in [0.15, 0.2) is 0 Å². The van der Waals surface area contributed by atoms with Gasteiger partial charge in [-0.05, 0) is 30.5 Å². The largest absolute Gasteiger partial charge is 0.296 e. The zero-order valence-electron chi connectivity index (χ0n) is 9.00. The number of nitrogens with one attached hydrogen (secondary N) is 1. The third kappa shape index (κ3) is 2.91. The van der Waals surface area contributed by atoms with Crippen LogP contribution in [-0.4, -0.2) is 11.8 Å². The van der Waals surface area contributed by atoms with Crippen molar-refractivity contribution in [3.05, 3.63) is 34.1 Å². The van der Waals surface area contributed by atoms with E-state index in [1.54, 1.807) is 12.1 Å². The van der Waals surface area contributed by atoms with E-state index in [1.807, 2.05) is 0 Å². The lowest BCUT2D eigenvalue weighted by Crippen LogP contribution is -2.41. The van der Waals surface area contributed by atoms with E-state index in [-0.39, 0.29) is 23.5 Å². The first kappa shape index (κ1) is 12.2. The molecule has 0 aromatic heterocycles. The molecule has 1 heterocycles. The van der Waals surface area contributed by atoms with Crippen molar-refractivity contribution < 1.29 is 14.0 Å². The molecule has 17 heavy (non-hydrogen) atoms. The molecule has 1 unspecified atom stereocenters. The Bertz CT molecular complexity index is 476. The third-order valence-electron chi connectivity index (χ3n) is 2.83. The molecule has 3 nitrogen and oxygen atoms in total. The normalized spacial score (nSPS) is 20.2. The van der Waals surface area contributed by atoms with Crippen LogP contribution in [0.2, 0.25) is 0 Å². The molecule has 1 aliphatic rings. The molecule has 2 rings (SSSR count). The molecule has 5 heteroatoms. The molecular weight excluding hydrogens is 289 g/mol. The highest BCUT2D eigenvalue weighted by Gasteiger charge is 2.27. The lowest BCUT2D eigenvalue weighted by molar-refractivity contribution is -0.136. The van der Waals surface area contributed by atoms with Crippen LogP contribution in [0.4, 0.5) is 4.39 Å². The van der Waals surface area contributed by atoms with Crippen molar-refractivity contribution in [2.75, 3.05) is 0 Å². The number of halogens is 2. The van der Waals surface area contributed by atoms with Gasteiger partial charge in [-0.2, -0.15) is 0 Å². The van der Waals surface area contributed by atoms with Crippen molar-refractivity contribution in [2.24, 2.45) is 5.92 Å². The third-order valence-corrected chi connectivity index (χ3v) is 3.33. The standard InChI is InChI=1S/C12H11BrFNO2/c13-9-3-1-7(10(14)6-9)5-8-2-4-11(16)15-12(8)17/h1,3,6,8H,2,4-5H2,(H,15,16,17). The maximum Gasteiger partial charge on any atom is 0.230 e. The van der Waals surface area contributed by atoms with Crippen LogP contribution in [0.1, 0.15) is 18.4 Å². The highest BCUT2D eigenvalue weighted by Crippen LogP contribution is 2.22. The van der Waals surface area contributed by atoms with Gasteiger partial charge in [0, 0.05) is 16.8 Å². The fourth-order valence-corrected chi connectivity index (χ4v) is 2.22. The molecule has 1 N–H and O–H groups in total. The molecule has 90 valence electrons. The van der Waals surface area contributed by atoms with E-state index < -0.39 is 0 Å². The maximum absolute atomic E-state index is 13.6. The summed E-state index contributed by atoms with van der Waals surface area (Å²) in [6.07, 6.45) is 1.15. The van der Waals surface area contributed by atoms with Crippen LogP contribution in [0, 0.1) is 11.7 Å². The van der Waals surface area contributed by atoms with E-state index in [0.29, 0.717) is 29.3 Å². The highest BCUT2D eigenvalue weighted by atomic mass is 79.9. The first-order chi connectivity index (χ1) is 8.06. The van der Waals surface area contributed by atoms with Crippen molar-refractivity contribution >= 4 is 27.7 Å². The van der Waals surface area contributed by atoms with Crippen LogP contribution in [0.5, 0.6) is 0 Å². The van der Waals surface area contributed by atoms with Crippen LogP contribution < -0.4 is 5.32 Å². The predicted molar refractivity (Wildman–Crippen MR) is 63.7 cm³/mol. The Morgan fingerprint density at radius 1 is 1.41 bits per heavy atom. The molecular formula is C12H11BrFNO2. The van der Waals surface area contributed by atoms with Gasteiger partial charge in [0.05, 0.1) is 0 Å². The van der Waals surface area contributed by atoms with Crippen molar-refractivity contribution in [1.29, 1.82) is 0 Å². The van der Waals surface area contributed by atoms with E-state index in [9.17, 15) is 14.0 Å². The molecule has 1 aliphatic heterocycles. The number of carbonyl (C=O) groups is 2. The second kappa shape index (κ2) is 4.96. The van der Waals surface area contributed by atoms with Crippen LogP contribution in [-0.2, 0) is 16.0 Å². The molecule has 0 radical (unpaired) electrons. The van der Waals surface area contributed by atoms with Gasteiger partial charge < -0.3 is 0 Å². The Labute approximate surface area is 107 Å². The molecule has 1 fully saturated rings. The lowest BCUT2D eigenvalue weighted by Gasteiger charge is -2.20. The molecule has 1 atom stereocenters. The minimum absolute atomic E-state index is 0.248. The average molecular weight is 300 g/mol. The molecule has 0 saturated carbocycles. The number of imide groups is 1. The van der Waals surface area contributed by atoms with Crippen molar-refractivity contribution in [3.63, 3.8) is 0 Å². The van der Waals surface area contributed by atoms with Crippen LogP contribution in [0.25, 0.3) is 0 Å². The first-order valence-electron chi connectivity index (χ1n) is 5.34. The Morgan fingerprint density at radius 2 is 2.18 bits per heavy atom. The highest BCUT2D eigenvalue weighted by molar-refractivity contribution is 9.10. The van der Waals surface area contributed by atoms with E-state index >= 15 is 0 Å². The minimum Gasteiger partial charge on any atom is -0.296 e. The fourth-order valence-electron chi connectivity index (χ4n) is 1.89. The number of carbonyl (C=O) groups excluding carboxylic acids is 2. The van der Waals surface area contributed by atoms with Crippen LogP contribution in [0.15, 0.2) is 22.7 Å². The Hall–Kier alpha value is -1.23.